The summed E-state index contributed by atoms with van der Waals surface area (Å²) in [5.41, 5.74) is 1.83. The highest BCUT2D eigenvalue weighted by molar-refractivity contribution is 5.62. The van der Waals surface area contributed by atoms with Crippen molar-refractivity contribution in [3.63, 3.8) is 0 Å². The van der Waals surface area contributed by atoms with Gasteiger partial charge < -0.3 is 26.8 Å². The molecule has 6 heteroatoms. The van der Waals surface area contributed by atoms with Crippen LogP contribution in [0.15, 0.2) is 18.2 Å². The Morgan fingerprint density at radius 3 is 1.79 bits per heavy atom. The maximum Gasteiger partial charge on any atom is 0.292 e. The molecule has 0 bridgehead atoms. The second-order valence-corrected chi connectivity index (χ2v) is 10.2. The lowest BCUT2D eigenvalue weighted by molar-refractivity contribution is -0.888. The summed E-state index contributed by atoms with van der Waals surface area (Å²) in [6.07, 6.45) is 19.4. The largest absolute Gasteiger partial charge is 1.00 e. The minimum Gasteiger partial charge on any atom is -1.00 e. The normalized spacial score (nSPS) is 11.3. The van der Waals surface area contributed by atoms with Crippen LogP contribution in [0.2, 0.25) is 0 Å². The monoisotopic (exact) mass is 527 g/mol. The van der Waals surface area contributed by atoms with Crippen molar-refractivity contribution in [2.45, 2.75) is 104 Å². The molecule has 0 amide bonds. The molecular weight excluding hydrogens is 478 g/mol. The van der Waals surface area contributed by atoms with Gasteiger partial charge in [-0.15, -0.1) is 0 Å². The molecule has 0 atom stereocenters. The maximum absolute atomic E-state index is 11.2. The van der Waals surface area contributed by atoms with E-state index in [1.54, 1.807) is 12.1 Å². The zero-order valence-electron chi connectivity index (χ0n) is 21.8. The number of benzene rings is 1. The van der Waals surface area contributed by atoms with Gasteiger partial charge >= 0.3 is 0 Å². The van der Waals surface area contributed by atoms with Gasteiger partial charge in [0.05, 0.1) is 38.7 Å². The number of unbranched alkanes of at least 4 members (excludes halogenated alkanes) is 13. The molecule has 0 aliphatic rings. The Morgan fingerprint density at radius 1 is 0.818 bits per heavy atom. The quantitative estimate of drug-likeness (QED) is 0.114. The third-order valence-corrected chi connectivity index (χ3v) is 6.50. The number of nitrogens with one attached hydrogen (secondary N) is 1. The SMILES string of the molecule is CCCCCCCCCCCCCCCC[N+](C)(C)CCNc1cc(C)ccc1[N+](=O)[O-].[Br-]. The summed E-state index contributed by atoms with van der Waals surface area (Å²) in [5, 5.41) is 14.5. The number of nitro groups is 1. The first-order valence-electron chi connectivity index (χ1n) is 13.2. The molecule has 0 fully saturated rings. The third kappa shape index (κ3) is 16.2. The fourth-order valence-electron chi connectivity index (χ4n) is 4.29. The van der Waals surface area contributed by atoms with Crippen LogP contribution >= 0.6 is 0 Å². The van der Waals surface area contributed by atoms with E-state index in [1.165, 1.54) is 89.9 Å². The van der Waals surface area contributed by atoms with Crippen LogP contribution in [0.1, 0.15) is 102 Å². The Balaban J connectivity index is 0.0000102. The lowest BCUT2D eigenvalue weighted by Gasteiger charge is -2.30. The van der Waals surface area contributed by atoms with Gasteiger partial charge in [0, 0.05) is 6.07 Å². The summed E-state index contributed by atoms with van der Waals surface area (Å²) in [5.74, 6) is 0. The average molecular weight is 529 g/mol. The number of aryl methyl sites for hydroxylation is 1. The molecule has 1 aromatic carbocycles. The molecule has 0 aliphatic heterocycles. The standard InChI is InChI=1S/C27H50N3O2.BrH/c1-5-6-7-8-9-10-11-12-13-14-15-16-17-18-22-30(3,4)23-21-28-26-24-25(2)19-20-27(26)29(31)32;/h19-20,24,28H,5-18,21-23H2,1-4H3;1H/q+1;/p-1. The predicted octanol–water partition coefficient (Wildman–Crippen LogP) is 4.88. The lowest BCUT2D eigenvalue weighted by atomic mass is 10.0. The van der Waals surface area contributed by atoms with E-state index in [-0.39, 0.29) is 27.6 Å². The van der Waals surface area contributed by atoms with Crippen molar-refractivity contribution in [1.29, 1.82) is 0 Å². The Morgan fingerprint density at radius 2 is 1.30 bits per heavy atom. The molecule has 192 valence electrons. The Kier molecular flexibility index (Phi) is 18.5. The summed E-state index contributed by atoms with van der Waals surface area (Å²) in [6, 6.07) is 5.25. The Bertz CT molecular complexity index is 638. The van der Waals surface area contributed by atoms with Gasteiger partial charge in [-0.25, -0.2) is 0 Å². The van der Waals surface area contributed by atoms with E-state index in [9.17, 15) is 10.1 Å². The van der Waals surface area contributed by atoms with Crippen LogP contribution in [0.4, 0.5) is 11.4 Å². The molecule has 1 N–H and O–H groups in total. The molecule has 0 radical (unpaired) electrons. The van der Waals surface area contributed by atoms with Gasteiger partial charge in [0.2, 0.25) is 0 Å². The molecule has 0 heterocycles. The molecule has 1 rings (SSSR count). The van der Waals surface area contributed by atoms with Crippen LogP contribution in [0.5, 0.6) is 0 Å². The van der Waals surface area contributed by atoms with Crippen LogP contribution in [0, 0.1) is 17.0 Å². The van der Waals surface area contributed by atoms with E-state index in [4.69, 9.17) is 0 Å². The number of hydrogen-bond acceptors (Lipinski definition) is 3. The van der Waals surface area contributed by atoms with E-state index < -0.39 is 0 Å². The van der Waals surface area contributed by atoms with Crippen molar-refractivity contribution >= 4 is 11.4 Å². The minimum absolute atomic E-state index is 0. The van der Waals surface area contributed by atoms with Crippen molar-refractivity contribution in [1.82, 2.24) is 0 Å². The van der Waals surface area contributed by atoms with Gasteiger partial charge in [0.25, 0.3) is 5.69 Å². The fraction of sp³-hybridized carbons (Fsp3) is 0.778. The number of rotatable bonds is 20. The average Bonchev–Trinajstić information content (AvgIpc) is 2.73. The van der Waals surface area contributed by atoms with E-state index in [0.29, 0.717) is 5.69 Å². The van der Waals surface area contributed by atoms with E-state index in [2.05, 4.69) is 26.3 Å². The number of halogens is 1. The van der Waals surface area contributed by atoms with Gasteiger partial charge in [-0.05, 0) is 31.4 Å². The summed E-state index contributed by atoms with van der Waals surface area (Å²) in [7, 11) is 4.52. The van der Waals surface area contributed by atoms with Crippen molar-refractivity contribution in [2.24, 2.45) is 0 Å². The van der Waals surface area contributed by atoms with Gasteiger partial charge in [0.15, 0.2) is 0 Å². The van der Waals surface area contributed by atoms with Crippen molar-refractivity contribution in [3.8, 4) is 0 Å². The first-order valence-corrected chi connectivity index (χ1v) is 13.2. The summed E-state index contributed by atoms with van der Waals surface area (Å²) < 4.78 is 0.949. The zero-order chi connectivity index (χ0) is 23.7. The van der Waals surface area contributed by atoms with Crippen molar-refractivity contribution in [3.05, 3.63) is 33.9 Å². The highest BCUT2D eigenvalue weighted by Crippen LogP contribution is 2.25. The highest BCUT2D eigenvalue weighted by atomic mass is 79.9. The Labute approximate surface area is 214 Å². The molecule has 0 aliphatic carbocycles. The molecule has 0 saturated carbocycles. The van der Waals surface area contributed by atoms with E-state index in [1.807, 2.05) is 13.0 Å². The molecule has 0 spiro atoms. The molecule has 5 nitrogen and oxygen atoms in total. The number of hydrogen-bond donors (Lipinski definition) is 1. The van der Waals surface area contributed by atoms with E-state index in [0.717, 1.165) is 29.7 Å². The van der Waals surface area contributed by atoms with Crippen LogP contribution in [-0.2, 0) is 0 Å². The smallest absolute Gasteiger partial charge is 0.292 e. The first kappa shape index (κ1) is 31.9. The number of quaternary nitrogens is 1. The summed E-state index contributed by atoms with van der Waals surface area (Å²) >= 11 is 0. The number of anilines is 1. The lowest BCUT2D eigenvalue weighted by Crippen LogP contribution is -3.00. The molecule has 0 saturated heterocycles. The summed E-state index contributed by atoms with van der Waals surface area (Å²) in [4.78, 5) is 10.9. The minimum atomic E-state index is -0.309. The maximum atomic E-state index is 11.2. The van der Waals surface area contributed by atoms with Crippen molar-refractivity contribution in [2.75, 3.05) is 39.0 Å². The Hall–Kier alpha value is -1.14. The number of likely N-dealkylation sites (N-methyl/N-ethyl adjacent to an activating group) is 1. The predicted molar refractivity (Wildman–Crippen MR) is 138 cm³/mol. The fourth-order valence-corrected chi connectivity index (χ4v) is 4.29. The number of nitrogens with zero attached hydrogens (tertiary/aromatic N) is 2. The molecule has 1 aromatic rings. The van der Waals surface area contributed by atoms with Crippen LogP contribution in [0.3, 0.4) is 0 Å². The van der Waals surface area contributed by atoms with Gasteiger partial charge in [-0.1, -0.05) is 90.0 Å². The molecule has 33 heavy (non-hydrogen) atoms. The van der Waals surface area contributed by atoms with E-state index >= 15 is 0 Å². The molecule has 0 aromatic heterocycles. The summed E-state index contributed by atoms with van der Waals surface area (Å²) in [6.45, 7) is 7.11. The van der Waals surface area contributed by atoms with Crippen molar-refractivity contribution < 1.29 is 26.4 Å². The zero-order valence-corrected chi connectivity index (χ0v) is 23.4. The van der Waals surface area contributed by atoms with Crippen LogP contribution in [-0.4, -0.2) is 43.1 Å². The number of nitro benzene ring substituents is 1. The van der Waals surface area contributed by atoms with Crippen LogP contribution < -0.4 is 22.3 Å². The van der Waals surface area contributed by atoms with Gasteiger partial charge in [-0.2, -0.15) is 0 Å². The first-order chi connectivity index (χ1) is 15.4. The van der Waals surface area contributed by atoms with Crippen LogP contribution in [0.25, 0.3) is 0 Å². The highest BCUT2D eigenvalue weighted by Gasteiger charge is 2.17. The second-order valence-electron chi connectivity index (χ2n) is 10.2. The second kappa shape index (κ2) is 19.2. The third-order valence-electron chi connectivity index (χ3n) is 6.50. The molecular formula is C27H50BrN3O2. The van der Waals surface area contributed by atoms with Gasteiger partial charge in [-0.3, -0.25) is 10.1 Å². The molecule has 0 unspecified atom stereocenters. The van der Waals surface area contributed by atoms with Gasteiger partial charge in [0.1, 0.15) is 5.69 Å². The topological polar surface area (TPSA) is 55.2 Å².